The Morgan fingerprint density at radius 2 is 2.15 bits per heavy atom. The molecule has 13 heavy (non-hydrogen) atoms. The maximum atomic E-state index is 12.4. The molecule has 0 bridgehead atoms. The predicted octanol–water partition coefficient (Wildman–Crippen LogP) is 1.87. The molecular formula is C5H2BrFO4S2. The summed E-state index contributed by atoms with van der Waals surface area (Å²) in [5, 5.41) is 8.46. The normalized spacial score (nSPS) is 11.5. The molecule has 0 fully saturated rings. The van der Waals surface area contributed by atoms with Gasteiger partial charge in [0.1, 0.15) is 9.77 Å². The molecule has 4 nitrogen and oxygen atoms in total. The SMILES string of the molecule is O=C(O)c1cc(S(=O)(=O)F)c(Br)s1. The lowest BCUT2D eigenvalue weighted by Crippen LogP contribution is -1.92. The average molecular weight is 289 g/mol. The Labute approximate surface area is 85.3 Å². The largest absolute Gasteiger partial charge is 0.477 e. The Bertz CT molecular complexity index is 449. The van der Waals surface area contributed by atoms with Crippen LogP contribution in [-0.4, -0.2) is 19.5 Å². The smallest absolute Gasteiger partial charge is 0.345 e. The monoisotopic (exact) mass is 288 g/mol. The summed E-state index contributed by atoms with van der Waals surface area (Å²) in [5.41, 5.74) is 0. The summed E-state index contributed by atoms with van der Waals surface area (Å²) in [6, 6.07) is 0.770. The molecule has 0 aliphatic carbocycles. The van der Waals surface area contributed by atoms with Crippen LogP contribution in [0.4, 0.5) is 3.89 Å². The number of hydrogen-bond donors (Lipinski definition) is 1. The second-order valence-corrected chi connectivity index (χ2v) is 5.68. The van der Waals surface area contributed by atoms with Crippen LogP contribution in [0.15, 0.2) is 14.7 Å². The van der Waals surface area contributed by atoms with Crippen LogP contribution >= 0.6 is 27.3 Å². The molecular weight excluding hydrogens is 287 g/mol. The Hall–Kier alpha value is -0.470. The van der Waals surface area contributed by atoms with E-state index in [2.05, 4.69) is 15.9 Å². The van der Waals surface area contributed by atoms with E-state index < -0.39 is 21.1 Å². The van der Waals surface area contributed by atoms with E-state index in [4.69, 9.17) is 5.11 Å². The van der Waals surface area contributed by atoms with Crippen LogP contribution in [0.1, 0.15) is 9.67 Å². The summed E-state index contributed by atoms with van der Waals surface area (Å²) in [6.07, 6.45) is 0. The lowest BCUT2D eigenvalue weighted by molar-refractivity contribution is 0.0702. The number of thiophene rings is 1. The minimum absolute atomic E-state index is 0.0487. The molecule has 1 N–H and O–H groups in total. The molecule has 8 heteroatoms. The zero-order valence-electron chi connectivity index (χ0n) is 5.82. The van der Waals surface area contributed by atoms with Gasteiger partial charge in [0, 0.05) is 0 Å². The summed E-state index contributed by atoms with van der Waals surface area (Å²) >= 11 is 3.40. The van der Waals surface area contributed by atoms with E-state index in [-0.39, 0.29) is 8.66 Å². The van der Waals surface area contributed by atoms with E-state index >= 15 is 0 Å². The van der Waals surface area contributed by atoms with E-state index in [1.165, 1.54) is 0 Å². The first kappa shape index (κ1) is 10.6. The summed E-state index contributed by atoms with van der Waals surface area (Å²) in [5.74, 6) is -1.29. The Morgan fingerprint density at radius 1 is 1.62 bits per heavy atom. The summed E-state index contributed by atoms with van der Waals surface area (Å²) in [6.45, 7) is 0. The van der Waals surface area contributed by atoms with Gasteiger partial charge in [0.25, 0.3) is 0 Å². The zero-order valence-corrected chi connectivity index (χ0v) is 9.04. The van der Waals surface area contributed by atoms with E-state index in [1.54, 1.807) is 0 Å². The van der Waals surface area contributed by atoms with Gasteiger partial charge in [0.15, 0.2) is 0 Å². The van der Waals surface area contributed by atoms with Crippen molar-refractivity contribution in [2.45, 2.75) is 4.90 Å². The van der Waals surface area contributed by atoms with Gasteiger partial charge in [-0.1, -0.05) is 0 Å². The maximum Gasteiger partial charge on any atom is 0.345 e. The van der Waals surface area contributed by atoms with Gasteiger partial charge in [0.05, 0.1) is 3.79 Å². The molecule has 72 valence electrons. The van der Waals surface area contributed by atoms with E-state index in [0.717, 1.165) is 6.07 Å². The fraction of sp³-hybridized carbons (Fsp3) is 0. The van der Waals surface area contributed by atoms with Crippen molar-refractivity contribution < 1.29 is 22.2 Å². The van der Waals surface area contributed by atoms with Gasteiger partial charge >= 0.3 is 16.2 Å². The Balaban J connectivity index is 3.35. The molecule has 0 aromatic carbocycles. The topological polar surface area (TPSA) is 71.4 Å². The fourth-order valence-electron chi connectivity index (χ4n) is 0.624. The van der Waals surface area contributed by atoms with Crippen molar-refractivity contribution in [3.63, 3.8) is 0 Å². The van der Waals surface area contributed by atoms with Crippen LogP contribution in [0, 0.1) is 0 Å². The highest BCUT2D eigenvalue weighted by atomic mass is 79.9. The summed E-state index contributed by atoms with van der Waals surface area (Å²) in [4.78, 5) is 9.49. The standard InChI is InChI=1S/C5H2BrFO4S2/c6-4-3(13(7,10)11)1-2(12-4)5(8)9/h1H,(H,8,9). The van der Waals surface area contributed by atoms with Crippen molar-refractivity contribution in [2.24, 2.45) is 0 Å². The number of carbonyl (C=O) groups is 1. The summed E-state index contributed by atoms with van der Waals surface area (Å²) in [7, 11) is -4.85. The number of rotatable bonds is 2. The average Bonchev–Trinajstić information content (AvgIpc) is 2.29. The van der Waals surface area contributed by atoms with Gasteiger partial charge in [-0.15, -0.1) is 15.2 Å². The third kappa shape index (κ3) is 2.26. The van der Waals surface area contributed by atoms with Crippen molar-refractivity contribution >= 4 is 43.5 Å². The molecule has 0 saturated heterocycles. The lowest BCUT2D eigenvalue weighted by atomic mass is 10.5. The number of carboxylic acids is 1. The van der Waals surface area contributed by atoms with Crippen LogP contribution in [0.25, 0.3) is 0 Å². The summed E-state index contributed by atoms with van der Waals surface area (Å²) < 4.78 is 33.2. The lowest BCUT2D eigenvalue weighted by Gasteiger charge is -1.86. The highest BCUT2D eigenvalue weighted by molar-refractivity contribution is 9.11. The molecule has 0 aliphatic rings. The number of halogens is 2. The van der Waals surface area contributed by atoms with Gasteiger partial charge in [-0.3, -0.25) is 0 Å². The molecule has 0 radical (unpaired) electrons. The third-order valence-electron chi connectivity index (χ3n) is 1.13. The molecule has 1 aromatic heterocycles. The zero-order chi connectivity index (χ0) is 10.2. The Morgan fingerprint density at radius 3 is 2.38 bits per heavy atom. The van der Waals surface area contributed by atoms with Gasteiger partial charge in [-0.2, -0.15) is 8.42 Å². The molecule has 0 amide bonds. The molecule has 0 aliphatic heterocycles. The number of aromatic carboxylic acids is 1. The first-order valence-electron chi connectivity index (χ1n) is 2.79. The molecule has 0 unspecified atom stereocenters. The quantitative estimate of drug-likeness (QED) is 0.844. The number of hydrogen-bond acceptors (Lipinski definition) is 4. The van der Waals surface area contributed by atoms with Gasteiger partial charge < -0.3 is 5.11 Å². The van der Waals surface area contributed by atoms with Gasteiger partial charge in [-0.25, -0.2) is 4.79 Å². The third-order valence-corrected chi connectivity index (χ3v) is 4.19. The first-order chi connectivity index (χ1) is 5.82. The van der Waals surface area contributed by atoms with Crippen molar-refractivity contribution in [3.05, 3.63) is 14.7 Å². The van der Waals surface area contributed by atoms with Crippen molar-refractivity contribution in [3.8, 4) is 0 Å². The van der Waals surface area contributed by atoms with Crippen LogP contribution in [-0.2, 0) is 10.2 Å². The maximum absolute atomic E-state index is 12.4. The highest BCUT2D eigenvalue weighted by Gasteiger charge is 2.22. The second kappa shape index (κ2) is 3.35. The number of carboxylic acid groups (broad SMARTS) is 1. The van der Waals surface area contributed by atoms with Gasteiger partial charge in [0.2, 0.25) is 0 Å². The van der Waals surface area contributed by atoms with Gasteiger partial charge in [-0.05, 0) is 22.0 Å². The predicted molar refractivity (Wildman–Crippen MR) is 47.3 cm³/mol. The molecule has 1 aromatic rings. The molecule has 1 rings (SSSR count). The van der Waals surface area contributed by atoms with Crippen LogP contribution in [0.5, 0.6) is 0 Å². The Kier molecular flexibility index (Phi) is 2.74. The molecule has 0 spiro atoms. The van der Waals surface area contributed by atoms with Crippen LogP contribution < -0.4 is 0 Å². The van der Waals surface area contributed by atoms with E-state index in [1.807, 2.05) is 0 Å². The molecule has 1 heterocycles. The van der Waals surface area contributed by atoms with Crippen molar-refractivity contribution in [1.29, 1.82) is 0 Å². The first-order valence-corrected chi connectivity index (χ1v) is 5.79. The van der Waals surface area contributed by atoms with E-state index in [9.17, 15) is 17.1 Å². The van der Waals surface area contributed by atoms with Crippen LogP contribution in [0.2, 0.25) is 0 Å². The van der Waals surface area contributed by atoms with E-state index in [0.29, 0.717) is 11.3 Å². The minimum Gasteiger partial charge on any atom is -0.477 e. The highest BCUT2D eigenvalue weighted by Crippen LogP contribution is 2.32. The van der Waals surface area contributed by atoms with Crippen molar-refractivity contribution in [2.75, 3.05) is 0 Å². The second-order valence-electron chi connectivity index (χ2n) is 1.99. The van der Waals surface area contributed by atoms with Crippen molar-refractivity contribution in [1.82, 2.24) is 0 Å². The van der Waals surface area contributed by atoms with Crippen LogP contribution in [0.3, 0.4) is 0 Å². The minimum atomic E-state index is -4.85. The molecule has 0 saturated carbocycles. The fourth-order valence-corrected chi connectivity index (χ4v) is 3.41. The molecule has 0 atom stereocenters.